The van der Waals surface area contributed by atoms with Crippen LogP contribution in [0.1, 0.15) is 38.3 Å². The van der Waals surface area contributed by atoms with E-state index in [1.54, 1.807) is 0 Å². The Morgan fingerprint density at radius 2 is 2.00 bits per heavy atom. The van der Waals surface area contributed by atoms with Gasteiger partial charge in [-0.1, -0.05) is 28.1 Å². The van der Waals surface area contributed by atoms with Gasteiger partial charge in [-0.3, -0.25) is 0 Å². The molecule has 0 aliphatic heterocycles. The summed E-state index contributed by atoms with van der Waals surface area (Å²) in [6.07, 6.45) is 0.511. The van der Waals surface area contributed by atoms with Crippen molar-refractivity contribution in [1.29, 1.82) is 0 Å². The smallest absolute Gasteiger partial charge is 0.407 e. The molecule has 0 atom stereocenters. The predicted octanol–water partition coefficient (Wildman–Crippen LogP) is 3.76. The number of benzene rings is 1. The lowest BCUT2D eigenvalue weighted by molar-refractivity contribution is 0.0527. The van der Waals surface area contributed by atoms with Crippen LogP contribution in [-0.2, 0) is 11.3 Å². The number of rotatable bonds is 6. The Morgan fingerprint density at radius 3 is 2.62 bits per heavy atom. The lowest BCUT2D eigenvalue weighted by Gasteiger charge is -2.19. The Bertz CT molecular complexity index is 470. The molecule has 0 bridgehead atoms. The van der Waals surface area contributed by atoms with E-state index in [0.29, 0.717) is 6.54 Å². The first-order chi connectivity index (χ1) is 9.78. The van der Waals surface area contributed by atoms with E-state index in [-0.39, 0.29) is 6.09 Å². The van der Waals surface area contributed by atoms with Gasteiger partial charge in [0.05, 0.1) is 0 Å². The zero-order valence-electron chi connectivity index (χ0n) is 13.3. The van der Waals surface area contributed by atoms with Crippen molar-refractivity contribution >= 4 is 22.0 Å². The molecule has 4 nitrogen and oxygen atoms in total. The van der Waals surface area contributed by atoms with Crippen LogP contribution in [-0.4, -0.2) is 24.8 Å². The molecule has 1 rings (SSSR count). The zero-order chi connectivity index (χ0) is 15.9. The maximum absolute atomic E-state index is 11.4. The highest BCUT2D eigenvalue weighted by Crippen LogP contribution is 2.17. The molecule has 1 aromatic carbocycles. The van der Waals surface area contributed by atoms with Gasteiger partial charge in [0, 0.05) is 17.6 Å². The lowest BCUT2D eigenvalue weighted by atomic mass is 10.1. The summed E-state index contributed by atoms with van der Waals surface area (Å²) < 4.78 is 6.30. The van der Waals surface area contributed by atoms with Gasteiger partial charge in [0.25, 0.3) is 0 Å². The van der Waals surface area contributed by atoms with Gasteiger partial charge in [0.15, 0.2) is 0 Å². The van der Waals surface area contributed by atoms with Crippen LogP contribution in [0.4, 0.5) is 4.79 Å². The fraction of sp³-hybridized carbons (Fsp3) is 0.562. The first-order valence-corrected chi connectivity index (χ1v) is 8.00. The molecule has 0 fully saturated rings. The van der Waals surface area contributed by atoms with Crippen LogP contribution in [0.5, 0.6) is 0 Å². The van der Waals surface area contributed by atoms with Crippen molar-refractivity contribution in [1.82, 2.24) is 10.6 Å². The molecular formula is C16H25BrN2O2. The molecule has 0 radical (unpaired) electrons. The van der Waals surface area contributed by atoms with Crippen LogP contribution in [0.25, 0.3) is 0 Å². The predicted molar refractivity (Wildman–Crippen MR) is 89.4 cm³/mol. The second-order valence-electron chi connectivity index (χ2n) is 6.04. The topological polar surface area (TPSA) is 50.4 Å². The molecule has 21 heavy (non-hydrogen) atoms. The highest BCUT2D eigenvalue weighted by molar-refractivity contribution is 9.10. The molecule has 0 heterocycles. The van der Waals surface area contributed by atoms with E-state index >= 15 is 0 Å². The quantitative estimate of drug-likeness (QED) is 0.762. The fourth-order valence-electron chi connectivity index (χ4n) is 1.70. The summed E-state index contributed by atoms with van der Waals surface area (Å²) in [6, 6.07) is 6.35. The molecular weight excluding hydrogens is 332 g/mol. The lowest BCUT2D eigenvalue weighted by Crippen LogP contribution is -2.33. The van der Waals surface area contributed by atoms with E-state index in [2.05, 4.69) is 51.7 Å². The average Bonchev–Trinajstić information content (AvgIpc) is 2.35. The van der Waals surface area contributed by atoms with E-state index in [1.807, 2.05) is 20.8 Å². The molecule has 1 aromatic rings. The first kappa shape index (κ1) is 18.0. The number of aryl methyl sites for hydroxylation is 1. The third-order valence-electron chi connectivity index (χ3n) is 2.76. The normalized spacial score (nSPS) is 11.3. The Kier molecular flexibility index (Phi) is 7.18. The van der Waals surface area contributed by atoms with Crippen molar-refractivity contribution in [3.63, 3.8) is 0 Å². The SMILES string of the molecule is Cc1ccc(CNCCCNC(=O)OC(C)(C)C)cc1Br. The van der Waals surface area contributed by atoms with Crippen LogP contribution in [0.3, 0.4) is 0 Å². The summed E-state index contributed by atoms with van der Waals surface area (Å²) in [5, 5.41) is 6.10. The van der Waals surface area contributed by atoms with Gasteiger partial charge in [-0.05, 0) is 57.9 Å². The third kappa shape index (κ3) is 8.07. The number of ether oxygens (including phenoxy) is 1. The van der Waals surface area contributed by atoms with Crippen molar-refractivity contribution in [2.45, 2.75) is 46.3 Å². The second-order valence-corrected chi connectivity index (χ2v) is 6.90. The van der Waals surface area contributed by atoms with Crippen LogP contribution in [0.15, 0.2) is 22.7 Å². The molecule has 0 aliphatic carbocycles. The van der Waals surface area contributed by atoms with Crippen LogP contribution < -0.4 is 10.6 Å². The number of alkyl carbamates (subject to hydrolysis) is 1. The summed E-state index contributed by atoms with van der Waals surface area (Å²) in [5.41, 5.74) is 2.04. The minimum absolute atomic E-state index is 0.357. The standard InChI is InChI=1S/C16H25BrN2O2/c1-12-6-7-13(10-14(12)17)11-18-8-5-9-19-15(20)21-16(2,3)4/h6-7,10,18H,5,8-9,11H2,1-4H3,(H,19,20). The number of amides is 1. The average molecular weight is 357 g/mol. The molecule has 118 valence electrons. The number of halogens is 1. The van der Waals surface area contributed by atoms with Gasteiger partial charge in [-0.2, -0.15) is 0 Å². The number of hydrogen-bond acceptors (Lipinski definition) is 3. The summed E-state index contributed by atoms with van der Waals surface area (Å²) in [4.78, 5) is 11.4. The van der Waals surface area contributed by atoms with Gasteiger partial charge >= 0.3 is 6.09 Å². The molecule has 1 amide bonds. The fourth-order valence-corrected chi connectivity index (χ4v) is 2.12. The summed E-state index contributed by atoms with van der Waals surface area (Å²) in [7, 11) is 0. The molecule has 0 unspecified atom stereocenters. The summed E-state index contributed by atoms with van der Waals surface area (Å²) in [5.74, 6) is 0. The highest BCUT2D eigenvalue weighted by atomic mass is 79.9. The van der Waals surface area contributed by atoms with Crippen molar-refractivity contribution in [2.24, 2.45) is 0 Å². The van der Waals surface area contributed by atoms with E-state index in [4.69, 9.17) is 4.74 Å². The van der Waals surface area contributed by atoms with Crippen LogP contribution in [0, 0.1) is 6.92 Å². The maximum atomic E-state index is 11.4. The van der Waals surface area contributed by atoms with Crippen molar-refractivity contribution < 1.29 is 9.53 Å². The number of carbonyl (C=O) groups excluding carboxylic acids is 1. The largest absolute Gasteiger partial charge is 0.444 e. The Morgan fingerprint density at radius 1 is 1.29 bits per heavy atom. The molecule has 5 heteroatoms. The summed E-state index contributed by atoms with van der Waals surface area (Å²) in [6.45, 7) is 9.92. The molecule has 0 saturated carbocycles. The highest BCUT2D eigenvalue weighted by Gasteiger charge is 2.15. The van der Waals surface area contributed by atoms with Gasteiger partial charge in [0.1, 0.15) is 5.60 Å². The molecule has 0 saturated heterocycles. The van der Waals surface area contributed by atoms with E-state index in [1.165, 1.54) is 11.1 Å². The number of carbonyl (C=O) groups is 1. The molecule has 0 spiro atoms. The van der Waals surface area contributed by atoms with Crippen molar-refractivity contribution in [2.75, 3.05) is 13.1 Å². The van der Waals surface area contributed by atoms with Gasteiger partial charge in [-0.15, -0.1) is 0 Å². The Hall–Kier alpha value is -1.07. The third-order valence-corrected chi connectivity index (χ3v) is 3.62. The molecule has 0 aromatic heterocycles. The van der Waals surface area contributed by atoms with Crippen molar-refractivity contribution in [3.05, 3.63) is 33.8 Å². The Labute approximate surface area is 135 Å². The number of hydrogen-bond donors (Lipinski definition) is 2. The minimum Gasteiger partial charge on any atom is -0.444 e. The first-order valence-electron chi connectivity index (χ1n) is 7.20. The summed E-state index contributed by atoms with van der Waals surface area (Å²) >= 11 is 3.53. The van der Waals surface area contributed by atoms with Crippen LogP contribution >= 0.6 is 15.9 Å². The zero-order valence-corrected chi connectivity index (χ0v) is 14.8. The maximum Gasteiger partial charge on any atom is 0.407 e. The van der Waals surface area contributed by atoms with Gasteiger partial charge in [0.2, 0.25) is 0 Å². The Balaban J connectivity index is 2.12. The minimum atomic E-state index is -0.443. The molecule has 2 N–H and O–H groups in total. The van der Waals surface area contributed by atoms with Crippen LogP contribution in [0.2, 0.25) is 0 Å². The van der Waals surface area contributed by atoms with E-state index in [0.717, 1.165) is 24.0 Å². The van der Waals surface area contributed by atoms with Gasteiger partial charge in [-0.25, -0.2) is 4.79 Å². The van der Waals surface area contributed by atoms with Crippen molar-refractivity contribution in [3.8, 4) is 0 Å². The van der Waals surface area contributed by atoms with Gasteiger partial charge < -0.3 is 15.4 Å². The molecule has 0 aliphatic rings. The van der Waals surface area contributed by atoms with E-state index < -0.39 is 5.60 Å². The van der Waals surface area contributed by atoms with E-state index in [9.17, 15) is 4.79 Å². The number of nitrogens with one attached hydrogen (secondary N) is 2. The second kappa shape index (κ2) is 8.39. The monoisotopic (exact) mass is 356 g/mol.